The minimum absolute atomic E-state index is 0.769. The number of benzene rings is 2. The molecule has 0 radical (unpaired) electrons. The van der Waals surface area contributed by atoms with E-state index in [2.05, 4.69) is 35.5 Å². The summed E-state index contributed by atoms with van der Waals surface area (Å²) in [6, 6.07) is 12.2. The molecule has 0 saturated carbocycles. The van der Waals surface area contributed by atoms with Crippen LogP contribution >= 0.6 is 0 Å². The normalized spacial score (nSPS) is 10.9. The van der Waals surface area contributed by atoms with Crippen molar-refractivity contribution in [2.45, 2.75) is 19.3 Å². The Bertz CT molecular complexity index is 767. The standard InChI is InChI=1S/C24H36N2O4/c1-26(16-12-20-8-10-22(28-3)24(18-20)30-5)15-6-13-25-14-11-19-7-9-21(27-2)23(17-19)29-4/h7-10,17-18,25H,6,11-16H2,1-5H3. The number of nitrogens with one attached hydrogen (secondary N) is 1. The quantitative estimate of drug-likeness (QED) is 0.476. The molecule has 0 aliphatic rings. The van der Waals surface area contributed by atoms with Crippen LogP contribution in [0.25, 0.3) is 0 Å². The van der Waals surface area contributed by atoms with Crippen LogP contribution < -0.4 is 24.3 Å². The maximum absolute atomic E-state index is 5.38. The van der Waals surface area contributed by atoms with Crippen LogP contribution in [0.3, 0.4) is 0 Å². The summed E-state index contributed by atoms with van der Waals surface area (Å²) in [5.74, 6) is 3.11. The number of hydrogen-bond donors (Lipinski definition) is 1. The second kappa shape index (κ2) is 13.0. The largest absolute Gasteiger partial charge is 0.493 e. The van der Waals surface area contributed by atoms with E-state index in [-0.39, 0.29) is 0 Å². The molecule has 0 aromatic heterocycles. The van der Waals surface area contributed by atoms with Gasteiger partial charge in [-0.2, -0.15) is 0 Å². The van der Waals surface area contributed by atoms with Crippen molar-refractivity contribution in [3.63, 3.8) is 0 Å². The van der Waals surface area contributed by atoms with Crippen molar-refractivity contribution in [1.82, 2.24) is 10.2 Å². The molecule has 0 aliphatic carbocycles. The number of hydrogen-bond acceptors (Lipinski definition) is 6. The SMILES string of the molecule is COc1ccc(CCNCCCN(C)CCc2ccc(OC)c(OC)c2)cc1OC. The van der Waals surface area contributed by atoms with Crippen molar-refractivity contribution in [3.05, 3.63) is 47.5 Å². The number of ether oxygens (including phenoxy) is 4. The highest BCUT2D eigenvalue weighted by Crippen LogP contribution is 2.28. The first-order chi connectivity index (χ1) is 14.6. The summed E-state index contributed by atoms with van der Waals surface area (Å²) >= 11 is 0. The lowest BCUT2D eigenvalue weighted by atomic mass is 10.1. The van der Waals surface area contributed by atoms with Crippen LogP contribution in [0.15, 0.2) is 36.4 Å². The topological polar surface area (TPSA) is 52.2 Å². The molecule has 166 valence electrons. The van der Waals surface area contributed by atoms with E-state index in [1.165, 1.54) is 11.1 Å². The van der Waals surface area contributed by atoms with Crippen LogP contribution in [0.5, 0.6) is 23.0 Å². The van der Waals surface area contributed by atoms with E-state index in [0.29, 0.717) is 0 Å². The number of likely N-dealkylation sites (N-methyl/N-ethyl adjacent to an activating group) is 1. The highest BCUT2D eigenvalue weighted by Gasteiger charge is 2.06. The second-order valence-corrected chi connectivity index (χ2v) is 7.29. The molecule has 0 fully saturated rings. The Labute approximate surface area is 181 Å². The van der Waals surface area contributed by atoms with Gasteiger partial charge in [-0.1, -0.05) is 12.1 Å². The molecule has 0 spiro atoms. The lowest BCUT2D eigenvalue weighted by Crippen LogP contribution is -2.26. The zero-order valence-electron chi connectivity index (χ0n) is 19.0. The fourth-order valence-corrected chi connectivity index (χ4v) is 3.34. The zero-order chi connectivity index (χ0) is 21.8. The zero-order valence-corrected chi connectivity index (χ0v) is 19.0. The lowest BCUT2D eigenvalue weighted by molar-refractivity contribution is 0.330. The third-order valence-corrected chi connectivity index (χ3v) is 5.16. The van der Waals surface area contributed by atoms with Gasteiger partial charge in [-0.05, 0) is 81.3 Å². The van der Waals surface area contributed by atoms with E-state index in [4.69, 9.17) is 18.9 Å². The maximum atomic E-state index is 5.38. The van der Waals surface area contributed by atoms with Crippen LogP contribution in [0.4, 0.5) is 0 Å². The Morgan fingerprint density at radius 3 is 1.73 bits per heavy atom. The molecule has 0 atom stereocenters. The summed E-state index contributed by atoms with van der Waals surface area (Å²) < 4.78 is 21.3. The van der Waals surface area contributed by atoms with Crippen molar-refractivity contribution < 1.29 is 18.9 Å². The molecule has 2 rings (SSSR count). The van der Waals surface area contributed by atoms with Gasteiger partial charge < -0.3 is 29.2 Å². The number of rotatable bonds is 14. The molecular weight excluding hydrogens is 380 g/mol. The van der Waals surface area contributed by atoms with E-state index in [1.54, 1.807) is 28.4 Å². The Balaban J connectivity index is 1.62. The first kappa shape index (κ1) is 23.8. The second-order valence-electron chi connectivity index (χ2n) is 7.29. The third-order valence-electron chi connectivity index (χ3n) is 5.16. The molecule has 0 aliphatic heterocycles. The minimum Gasteiger partial charge on any atom is -0.493 e. The molecule has 2 aromatic carbocycles. The average molecular weight is 417 g/mol. The van der Waals surface area contributed by atoms with Gasteiger partial charge in [-0.3, -0.25) is 0 Å². The van der Waals surface area contributed by atoms with Gasteiger partial charge >= 0.3 is 0 Å². The maximum Gasteiger partial charge on any atom is 0.160 e. The molecular formula is C24H36N2O4. The summed E-state index contributed by atoms with van der Waals surface area (Å²) in [6.07, 6.45) is 3.08. The fraction of sp³-hybridized carbons (Fsp3) is 0.500. The Morgan fingerprint density at radius 1 is 0.667 bits per heavy atom. The third kappa shape index (κ3) is 7.43. The van der Waals surface area contributed by atoms with E-state index in [0.717, 1.165) is 68.4 Å². The van der Waals surface area contributed by atoms with Crippen LogP contribution in [0.1, 0.15) is 17.5 Å². The van der Waals surface area contributed by atoms with Crippen molar-refractivity contribution in [2.24, 2.45) is 0 Å². The molecule has 30 heavy (non-hydrogen) atoms. The predicted molar refractivity (Wildman–Crippen MR) is 121 cm³/mol. The van der Waals surface area contributed by atoms with E-state index in [1.807, 2.05) is 18.2 Å². The summed E-state index contributed by atoms with van der Waals surface area (Å²) in [4.78, 5) is 2.37. The van der Waals surface area contributed by atoms with Crippen LogP contribution in [-0.4, -0.2) is 66.6 Å². The average Bonchev–Trinajstić information content (AvgIpc) is 2.79. The van der Waals surface area contributed by atoms with E-state index in [9.17, 15) is 0 Å². The molecule has 0 amide bonds. The van der Waals surface area contributed by atoms with Gasteiger partial charge in [0, 0.05) is 6.54 Å². The molecule has 6 nitrogen and oxygen atoms in total. The summed E-state index contributed by atoms with van der Waals surface area (Å²) in [7, 11) is 8.83. The van der Waals surface area contributed by atoms with E-state index < -0.39 is 0 Å². The molecule has 2 aromatic rings. The predicted octanol–water partition coefficient (Wildman–Crippen LogP) is 3.42. The lowest BCUT2D eigenvalue weighted by Gasteiger charge is -2.17. The highest BCUT2D eigenvalue weighted by molar-refractivity contribution is 5.43. The number of nitrogens with zero attached hydrogens (tertiary/aromatic N) is 1. The van der Waals surface area contributed by atoms with Crippen LogP contribution in [0, 0.1) is 0 Å². The van der Waals surface area contributed by atoms with Gasteiger partial charge in [0.25, 0.3) is 0 Å². The molecule has 1 N–H and O–H groups in total. The fourth-order valence-electron chi connectivity index (χ4n) is 3.34. The molecule has 0 heterocycles. The van der Waals surface area contributed by atoms with Crippen molar-refractivity contribution in [1.29, 1.82) is 0 Å². The number of methoxy groups -OCH3 is 4. The van der Waals surface area contributed by atoms with Gasteiger partial charge in [0.05, 0.1) is 28.4 Å². The van der Waals surface area contributed by atoms with Crippen molar-refractivity contribution in [3.8, 4) is 23.0 Å². The summed E-state index contributed by atoms with van der Waals surface area (Å²) in [6.45, 7) is 4.04. The van der Waals surface area contributed by atoms with Crippen molar-refractivity contribution >= 4 is 0 Å². The van der Waals surface area contributed by atoms with Crippen LogP contribution in [-0.2, 0) is 12.8 Å². The van der Waals surface area contributed by atoms with E-state index >= 15 is 0 Å². The monoisotopic (exact) mass is 416 g/mol. The first-order valence-electron chi connectivity index (χ1n) is 10.4. The molecule has 0 saturated heterocycles. The molecule has 0 bridgehead atoms. The van der Waals surface area contributed by atoms with Gasteiger partial charge in [0.15, 0.2) is 23.0 Å². The smallest absolute Gasteiger partial charge is 0.160 e. The van der Waals surface area contributed by atoms with Crippen molar-refractivity contribution in [2.75, 3.05) is 61.7 Å². The summed E-state index contributed by atoms with van der Waals surface area (Å²) in [5, 5.41) is 3.53. The Kier molecular flexibility index (Phi) is 10.3. The van der Waals surface area contributed by atoms with Gasteiger partial charge in [0.2, 0.25) is 0 Å². The first-order valence-corrected chi connectivity index (χ1v) is 10.4. The van der Waals surface area contributed by atoms with Gasteiger partial charge in [-0.25, -0.2) is 0 Å². The molecule has 0 unspecified atom stereocenters. The highest BCUT2D eigenvalue weighted by atomic mass is 16.5. The Hall–Kier alpha value is -2.44. The Morgan fingerprint density at radius 2 is 1.20 bits per heavy atom. The van der Waals surface area contributed by atoms with Gasteiger partial charge in [0.1, 0.15) is 0 Å². The van der Waals surface area contributed by atoms with Gasteiger partial charge in [-0.15, -0.1) is 0 Å². The molecule has 6 heteroatoms. The summed E-state index contributed by atoms with van der Waals surface area (Å²) in [5.41, 5.74) is 2.50. The van der Waals surface area contributed by atoms with Crippen LogP contribution in [0.2, 0.25) is 0 Å². The minimum atomic E-state index is 0.769.